The Morgan fingerprint density at radius 3 is 2.65 bits per heavy atom. The molecule has 1 unspecified atom stereocenters. The number of amides is 1. The molecule has 0 aromatic carbocycles. The van der Waals surface area contributed by atoms with E-state index in [0.717, 1.165) is 31.9 Å². The fourth-order valence-electron chi connectivity index (χ4n) is 2.12. The van der Waals surface area contributed by atoms with Crippen molar-refractivity contribution in [3.63, 3.8) is 0 Å². The summed E-state index contributed by atoms with van der Waals surface area (Å²) in [4.78, 5) is 19.0. The molecule has 2 heterocycles. The maximum Gasteiger partial charge on any atom is 0.243 e. The van der Waals surface area contributed by atoms with Crippen molar-refractivity contribution >= 4 is 22.4 Å². The van der Waals surface area contributed by atoms with Gasteiger partial charge in [0.15, 0.2) is 5.13 Å². The Morgan fingerprint density at radius 2 is 2.10 bits per heavy atom. The van der Waals surface area contributed by atoms with Gasteiger partial charge in [0.25, 0.3) is 0 Å². The Morgan fingerprint density at radius 1 is 1.45 bits per heavy atom. The summed E-state index contributed by atoms with van der Waals surface area (Å²) < 4.78 is 0. The summed E-state index contributed by atoms with van der Waals surface area (Å²) in [6.07, 6.45) is 0. The van der Waals surface area contributed by atoms with Crippen LogP contribution in [0.5, 0.6) is 0 Å². The molecule has 20 heavy (non-hydrogen) atoms. The van der Waals surface area contributed by atoms with E-state index in [9.17, 15) is 4.79 Å². The molecule has 1 aromatic heterocycles. The van der Waals surface area contributed by atoms with E-state index in [2.05, 4.69) is 41.3 Å². The van der Waals surface area contributed by atoms with Crippen molar-refractivity contribution < 1.29 is 4.79 Å². The zero-order valence-corrected chi connectivity index (χ0v) is 13.5. The number of nitrogens with zero attached hydrogens (tertiary/aromatic N) is 2. The Hall–Kier alpha value is -0.980. The summed E-state index contributed by atoms with van der Waals surface area (Å²) in [6, 6.07) is -0.112. The molecule has 0 bridgehead atoms. The average Bonchev–Trinajstić information content (AvgIpc) is 2.87. The molecule has 1 fully saturated rings. The van der Waals surface area contributed by atoms with Crippen LogP contribution in [0, 0.1) is 0 Å². The molecule has 0 spiro atoms. The van der Waals surface area contributed by atoms with Crippen molar-refractivity contribution in [2.75, 3.05) is 31.5 Å². The van der Waals surface area contributed by atoms with Crippen molar-refractivity contribution in [1.82, 2.24) is 15.2 Å². The highest BCUT2D eigenvalue weighted by Crippen LogP contribution is 2.26. The van der Waals surface area contributed by atoms with Gasteiger partial charge in [0.1, 0.15) is 0 Å². The Kier molecular flexibility index (Phi) is 4.78. The predicted molar refractivity (Wildman–Crippen MR) is 83.3 cm³/mol. The van der Waals surface area contributed by atoms with Crippen LogP contribution in [-0.4, -0.2) is 48.0 Å². The minimum atomic E-state index is -0.112. The Balaban J connectivity index is 1.95. The molecule has 112 valence electrons. The van der Waals surface area contributed by atoms with Crippen LogP contribution in [0.1, 0.15) is 33.4 Å². The molecule has 1 aromatic rings. The maximum atomic E-state index is 12.3. The standard InChI is InChI=1S/C14H24N4OS/c1-10(18-7-5-15-6-8-18)12(19)17-13-16-11(9-20-13)14(2,3)4/h9-10,15H,5-8H2,1-4H3,(H,16,17,19). The first-order valence-corrected chi connectivity index (χ1v) is 7.97. The van der Waals surface area contributed by atoms with Crippen molar-refractivity contribution in [3.05, 3.63) is 11.1 Å². The number of piperazine rings is 1. The molecular formula is C14H24N4OS. The van der Waals surface area contributed by atoms with Gasteiger partial charge < -0.3 is 10.6 Å². The van der Waals surface area contributed by atoms with Crippen LogP contribution < -0.4 is 10.6 Å². The van der Waals surface area contributed by atoms with Crippen LogP contribution >= 0.6 is 11.3 Å². The number of carbonyl (C=O) groups excluding carboxylic acids is 1. The van der Waals surface area contributed by atoms with Crippen LogP contribution in [0.3, 0.4) is 0 Å². The van der Waals surface area contributed by atoms with E-state index >= 15 is 0 Å². The lowest BCUT2D eigenvalue weighted by atomic mass is 9.93. The topological polar surface area (TPSA) is 57.3 Å². The monoisotopic (exact) mass is 296 g/mol. The molecule has 1 aliphatic rings. The maximum absolute atomic E-state index is 12.3. The van der Waals surface area contributed by atoms with Gasteiger partial charge in [0.05, 0.1) is 11.7 Å². The van der Waals surface area contributed by atoms with E-state index in [0.29, 0.717) is 5.13 Å². The van der Waals surface area contributed by atoms with Gasteiger partial charge in [-0.3, -0.25) is 9.69 Å². The molecule has 6 heteroatoms. The van der Waals surface area contributed by atoms with Crippen molar-refractivity contribution in [2.45, 2.75) is 39.2 Å². The largest absolute Gasteiger partial charge is 0.314 e. The van der Waals surface area contributed by atoms with E-state index in [1.807, 2.05) is 12.3 Å². The second-order valence-corrected chi connectivity index (χ2v) is 7.10. The van der Waals surface area contributed by atoms with Gasteiger partial charge in [-0.25, -0.2) is 4.98 Å². The number of nitrogens with one attached hydrogen (secondary N) is 2. The van der Waals surface area contributed by atoms with Gasteiger partial charge in [0, 0.05) is 37.0 Å². The van der Waals surface area contributed by atoms with Crippen LogP contribution in [0.4, 0.5) is 5.13 Å². The molecule has 2 rings (SSSR count). The molecule has 1 aliphatic heterocycles. The van der Waals surface area contributed by atoms with Gasteiger partial charge in [-0.1, -0.05) is 20.8 Å². The number of thiazole rings is 1. The molecule has 2 N–H and O–H groups in total. The van der Waals surface area contributed by atoms with Crippen molar-refractivity contribution in [3.8, 4) is 0 Å². The lowest BCUT2D eigenvalue weighted by Gasteiger charge is -2.31. The molecule has 1 amide bonds. The minimum absolute atomic E-state index is 0.0175. The quantitative estimate of drug-likeness (QED) is 0.891. The smallest absolute Gasteiger partial charge is 0.243 e. The zero-order valence-electron chi connectivity index (χ0n) is 12.7. The summed E-state index contributed by atoms with van der Waals surface area (Å²) in [7, 11) is 0. The number of hydrogen-bond donors (Lipinski definition) is 2. The fraction of sp³-hybridized carbons (Fsp3) is 0.714. The van der Waals surface area contributed by atoms with Crippen LogP contribution in [0.25, 0.3) is 0 Å². The third kappa shape index (κ3) is 3.77. The van der Waals surface area contributed by atoms with E-state index in [1.54, 1.807) is 0 Å². The first kappa shape index (κ1) is 15.4. The predicted octanol–water partition coefficient (Wildman–Crippen LogP) is 1.67. The number of carbonyl (C=O) groups is 1. The minimum Gasteiger partial charge on any atom is -0.314 e. The van der Waals surface area contributed by atoms with Crippen molar-refractivity contribution in [1.29, 1.82) is 0 Å². The summed E-state index contributed by atoms with van der Waals surface area (Å²) in [5.41, 5.74) is 1.04. The van der Waals surface area contributed by atoms with Gasteiger partial charge in [-0.15, -0.1) is 11.3 Å². The SMILES string of the molecule is CC(C(=O)Nc1nc(C(C)(C)C)cs1)N1CCNCC1. The van der Waals surface area contributed by atoms with Gasteiger partial charge >= 0.3 is 0 Å². The fourth-order valence-corrected chi connectivity index (χ4v) is 3.06. The van der Waals surface area contributed by atoms with E-state index in [1.165, 1.54) is 11.3 Å². The zero-order chi connectivity index (χ0) is 14.8. The van der Waals surface area contributed by atoms with Crippen molar-refractivity contribution in [2.24, 2.45) is 0 Å². The highest BCUT2D eigenvalue weighted by atomic mass is 32.1. The van der Waals surface area contributed by atoms with Gasteiger partial charge in [-0.05, 0) is 6.92 Å². The molecule has 0 radical (unpaired) electrons. The first-order chi connectivity index (χ1) is 9.38. The third-order valence-corrected chi connectivity index (χ3v) is 4.34. The molecule has 5 nitrogen and oxygen atoms in total. The molecule has 0 aliphatic carbocycles. The normalized spacial score (nSPS) is 18.8. The number of aromatic nitrogens is 1. The molecular weight excluding hydrogens is 272 g/mol. The summed E-state index contributed by atoms with van der Waals surface area (Å²) in [5.74, 6) is 0.0294. The second-order valence-electron chi connectivity index (χ2n) is 6.24. The molecule has 1 atom stereocenters. The second kappa shape index (κ2) is 6.20. The molecule has 1 saturated heterocycles. The third-order valence-electron chi connectivity index (χ3n) is 3.58. The summed E-state index contributed by atoms with van der Waals surface area (Å²) >= 11 is 1.49. The average molecular weight is 296 g/mol. The lowest BCUT2D eigenvalue weighted by molar-refractivity contribution is -0.120. The van der Waals surface area contributed by atoms with Crippen LogP contribution in [0.15, 0.2) is 5.38 Å². The summed E-state index contributed by atoms with van der Waals surface area (Å²) in [6.45, 7) is 12.1. The van der Waals surface area contributed by atoms with E-state index in [4.69, 9.17) is 0 Å². The summed E-state index contributed by atoms with van der Waals surface area (Å²) in [5, 5.41) is 8.95. The van der Waals surface area contributed by atoms with E-state index in [-0.39, 0.29) is 17.4 Å². The van der Waals surface area contributed by atoms with Crippen LogP contribution in [-0.2, 0) is 10.2 Å². The lowest BCUT2D eigenvalue weighted by Crippen LogP contribution is -2.51. The Labute approximate surface area is 124 Å². The number of anilines is 1. The van der Waals surface area contributed by atoms with E-state index < -0.39 is 0 Å². The van der Waals surface area contributed by atoms with Gasteiger partial charge in [-0.2, -0.15) is 0 Å². The Bertz CT molecular complexity index is 460. The first-order valence-electron chi connectivity index (χ1n) is 7.09. The number of hydrogen-bond acceptors (Lipinski definition) is 5. The molecule has 0 saturated carbocycles. The number of rotatable bonds is 3. The van der Waals surface area contributed by atoms with Crippen LogP contribution in [0.2, 0.25) is 0 Å². The van der Waals surface area contributed by atoms with Gasteiger partial charge in [0.2, 0.25) is 5.91 Å². The highest BCUT2D eigenvalue weighted by Gasteiger charge is 2.24. The highest BCUT2D eigenvalue weighted by molar-refractivity contribution is 7.13.